The number of rotatable bonds is 4. The Morgan fingerprint density at radius 3 is 2.82 bits per heavy atom. The molecule has 0 aliphatic heterocycles. The summed E-state index contributed by atoms with van der Waals surface area (Å²) in [5, 5.41) is 14.5. The molecule has 0 fully saturated rings. The molecule has 90 valence electrons. The molecule has 0 saturated heterocycles. The average Bonchev–Trinajstić information content (AvgIpc) is 2.78. The fourth-order valence-electron chi connectivity index (χ4n) is 1.32. The third-order valence-corrected chi connectivity index (χ3v) is 3.84. The molecule has 0 atom stereocenters. The second kappa shape index (κ2) is 5.67. The molecular weight excluding hydrogens is 277 g/mol. The summed E-state index contributed by atoms with van der Waals surface area (Å²) < 4.78 is 0. The van der Waals surface area contributed by atoms with E-state index in [9.17, 15) is 0 Å². The van der Waals surface area contributed by atoms with E-state index in [4.69, 9.17) is 23.2 Å². The van der Waals surface area contributed by atoms with Gasteiger partial charge in [0.25, 0.3) is 0 Å². The number of aryl methyl sites for hydroxylation is 1. The van der Waals surface area contributed by atoms with Gasteiger partial charge in [-0.25, -0.2) is 0 Å². The van der Waals surface area contributed by atoms with E-state index in [0.29, 0.717) is 16.6 Å². The smallest absolute Gasteiger partial charge is 0.205 e. The zero-order valence-corrected chi connectivity index (χ0v) is 11.5. The number of aromatic nitrogens is 2. The fraction of sp³-hybridized carbons (Fsp3) is 0.273. The maximum Gasteiger partial charge on any atom is 0.205 e. The number of nitrogens with zero attached hydrogens (tertiary/aromatic N) is 2. The van der Waals surface area contributed by atoms with Crippen LogP contribution >= 0.6 is 34.5 Å². The molecule has 0 bridgehead atoms. The number of anilines is 1. The van der Waals surface area contributed by atoms with Crippen molar-refractivity contribution in [1.29, 1.82) is 0 Å². The number of benzene rings is 1. The molecule has 2 rings (SSSR count). The predicted octanol–water partition coefficient (Wildman–Crippen LogP) is 4.02. The third kappa shape index (κ3) is 3.31. The van der Waals surface area contributed by atoms with Crippen molar-refractivity contribution in [1.82, 2.24) is 10.2 Å². The molecule has 1 N–H and O–H groups in total. The summed E-state index contributed by atoms with van der Waals surface area (Å²) in [4.78, 5) is 0. The van der Waals surface area contributed by atoms with Crippen LogP contribution < -0.4 is 5.32 Å². The van der Waals surface area contributed by atoms with E-state index in [1.807, 2.05) is 6.07 Å². The number of nitrogens with one attached hydrogen (secondary N) is 1. The summed E-state index contributed by atoms with van der Waals surface area (Å²) in [6.07, 6.45) is 0.900. The highest BCUT2D eigenvalue weighted by molar-refractivity contribution is 7.15. The molecule has 0 spiro atoms. The number of halogens is 2. The molecular formula is C11H11Cl2N3S. The zero-order valence-electron chi connectivity index (χ0n) is 9.20. The Hall–Kier alpha value is -0.840. The van der Waals surface area contributed by atoms with Crippen molar-refractivity contribution in [3.63, 3.8) is 0 Å². The largest absolute Gasteiger partial charge is 0.356 e. The molecule has 17 heavy (non-hydrogen) atoms. The van der Waals surface area contributed by atoms with E-state index < -0.39 is 0 Å². The lowest BCUT2D eigenvalue weighted by molar-refractivity contribution is 0.975. The molecule has 0 unspecified atom stereocenters. The molecule has 0 aliphatic carbocycles. The Morgan fingerprint density at radius 2 is 2.12 bits per heavy atom. The quantitative estimate of drug-likeness (QED) is 0.923. The predicted molar refractivity (Wildman–Crippen MR) is 73.1 cm³/mol. The molecule has 6 heteroatoms. The molecule has 2 aromatic rings. The van der Waals surface area contributed by atoms with Crippen molar-refractivity contribution in [3.05, 3.63) is 38.8 Å². The van der Waals surface area contributed by atoms with E-state index in [1.54, 1.807) is 23.5 Å². The molecule has 0 saturated carbocycles. The highest BCUT2D eigenvalue weighted by Crippen LogP contribution is 2.22. The molecule has 0 aliphatic rings. The first-order valence-electron chi connectivity index (χ1n) is 5.19. The van der Waals surface area contributed by atoms with Gasteiger partial charge in [0, 0.05) is 16.6 Å². The van der Waals surface area contributed by atoms with Gasteiger partial charge < -0.3 is 5.32 Å². The van der Waals surface area contributed by atoms with Crippen molar-refractivity contribution in [2.45, 2.75) is 19.9 Å². The van der Waals surface area contributed by atoms with Crippen LogP contribution in [0.1, 0.15) is 17.5 Å². The molecule has 1 aromatic carbocycles. The van der Waals surface area contributed by atoms with Crippen molar-refractivity contribution in [2.24, 2.45) is 0 Å². The fourth-order valence-corrected chi connectivity index (χ4v) is 2.37. The molecule has 0 amide bonds. The highest BCUT2D eigenvalue weighted by Gasteiger charge is 2.04. The van der Waals surface area contributed by atoms with E-state index >= 15 is 0 Å². The monoisotopic (exact) mass is 287 g/mol. The van der Waals surface area contributed by atoms with Gasteiger partial charge in [0.1, 0.15) is 5.01 Å². The van der Waals surface area contributed by atoms with Gasteiger partial charge >= 0.3 is 0 Å². The van der Waals surface area contributed by atoms with Crippen molar-refractivity contribution in [2.75, 3.05) is 5.32 Å². The summed E-state index contributed by atoms with van der Waals surface area (Å²) in [7, 11) is 0. The highest BCUT2D eigenvalue weighted by atomic mass is 35.5. The summed E-state index contributed by atoms with van der Waals surface area (Å²) in [6.45, 7) is 2.65. The first-order chi connectivity index (χ1) is 8.19. The van der Waals surface area contributed by atoms with Gasteiger partial charge in [-0.3, -0.25) is 0 Å². The second-order valence-electron chi connectivity index (χ2n) is 3.44. The molecule has 1 aromatic heterocycles. The Kier molecular flexibility index (Phi) is 4.20. The minimum atomic E-state index is 0.595. The number of hydrogen-bond donors (Lipinski definition) is 1. The van der Waals surface area contributed by atoms with Crippen LogP contribution in [-0.2, 0) is 13.0 Å². The van der Waals surface area contributed by atoms with Gasteiger partial charge in [-0.15, -0.1) is 10.2 Å². The van der Waals surface area contributed by atoms with Crippen LogP contribution in [-0.4, -0.2) is 10.2 Å². The van der Waals surface area contributed by atoms with Gasteiger partial charge in [0.2, 0.25) is 5.13 Å². The molecule has 1 heterocycles. The van der Waals surface area contributed by atoms with Gasteiger partial charge in [-0.2, -0.15) is 0 Å². The van der Waals surface area contributed by atoms with Gasteiger partial charge in [-0.05, 0) is 30.2 Å². The first-order valence-corrected chi connectivity index (χ1v) is 6.76. The lowest BCUT2D eigenvalue weighted by Gasteiger charge is -2.05. The third-order valence-electron chi connectivity index (χ3n) is 2.21. The number of hydrogen-bond acceptors (Lipinski definition) is 4. The van der Waals surface area contributed by atoms with E-state index in [2.05, 4.69) is 22.4 Å². The lowest BCUT2D eigenvalue weighted by atomic mass is 10.2. The SMILES string of the molecule is CCc1nnc(NCc2cc(Cl)ccc2Cl)s1. The Balaban J connectivity index is 2.04. The minimum absolute atomic E-state index is 0.595. The van der Waals surface area contributed by atoms with Crippen molar-refractivity contribution in [3.8, 4) is 0 Å². The van der Waals surface area contributed by atoms with Gasteiger partial charge in [0.15, 0.2) is 0 Å². The van der Waals surface area contributed by atoms with E-state index in [-0.39, 0.29) is 0 Å². The van der Waals surface area contributed by atoms with E-state index in [0.717, 1.165) is 22.1 Å². The lowest BCUT2D eigenvalue weighted by Crippen LogP contribution is -1.99. The van der Waals surface area contributed by atoms with Gasteiger partial charge in [-0.1, -0.05) is 41.5 Å². The van der Waals surface area contributed by atoms with Crippen molar-refractivity contribution < 1.29 is 0 Å². The summed E-state index contributed by atoms with van der Waals surface area (Å²) in [5.74, 6) is 0. The Morgan fingerprint density at radius 1 is 1.29 bits per heavy atom. The second-order valence-corrected chi connectivity index (χ2v) is 5.35. The Labute approximate surface area is 114 Å². The van der Waals surface area contributed by atoms with Crippen LogP contribution in [0.2, 0.25) is 10.0 Å². The normalized spacial score (nSPS) is 10.5. The van der Waals surface area contributed by atoms with Crippen LogP contribution in [0.5, 0.6) is 0 Å². The molecule has 3 nitrogen and oxygen atoms in total. The van der Waals surface area contributed by atoms with Crippen LogP contribution in [0.25, 0.3) is 0 Å². The van der Waals surface area contributed by atoms with Crippen LogP contribution in [0.4, 0.5) is 5.13 Å². The van der Waals surface area contributed by atoms with E-state index in [1.165, 1.54) is 0 Å². The van der Waals surface area contributed by atoms with Crippen LogP contribution in [0.15, 0.2) is 18.2 Å². The summed E-state index contributed by atoms with van der Waals surface area (Å²) in [5.41, 5.74) is 0.951. The maximum atomic E-state index is 6.06. The van der Waals surface area contributed by atoms with Crippen molar-refractivity contribution >= 4 is 39.7 Å². The maximum absolute atomic E-state index is 6.06. The zero-order chi connectivity index (χ0) is 12.3. The van der Waals surface area contributed by atoms with Crippen LogP contribution in [0, 0.1) is 0 Å². The van der Waals surface area contributed by atoms with Gasteiger partial charge in [0.05, 0.1) is 0 Å². The summed E-state index contributed by atoms with van der Waals surface area (Å²) in [6, 6.07) is 5.41. The van der Waals surface area contributed by atoms with Crippen LogP contribution in [0.3, 0.4) is 0 Å². The Bertz CT molecular complexity index is 513. The topological polar surface area (TPSA) is 37.8 Å². The summed E-state index contributed by atoms with van der Waals surface area (Å²) >= 11 is 13.5. The minimum Gasteiger partial charge on any atom is -0.356 e. The standard InChI is InChI=1S/C11H11Cl2N3S/c1-2-10-15-16-11(17-10)14-6-7-5-8(12)3-4-9(7)13/h3-5H,2,6H2,1H3,(H,14,16). The first kappa shape index (κ1) is 12.6. The average molecular weight is 288 g/mol. The molecule has 0 radical (unpaired) electrons.